The maximum absolute atomic E-state index is 12.7. The molecule has 166 valence electrons. The van der Waals surface area contributed by atoms with Gasteiger partial charge in [0, 0.05) is 44.7 Å². The molecule has 1 aliphatic heterocycles. The SMILES string of the molecule is CCNC(=NCCCC(=O)NC1CC1)NC1CCN(c2ccccc2OC(F)F)C1. The van der Waals surface area contributed by atoms with Crippen molar-refractivity contribution in [1.29, 1.82) is 0 Å². The summed E-state index contributed by atoms with van der Waals surface area (Å²) in [4.78, 5) is 18.4. The molecule has 1 unspecified atom stereocenters. The standard InChI is InChI=1S/C21H31F2N5O2/c1-2-24-21(25-12-5-8-19(29)26-15-9-10-15)27-16-11-13-28(14-16)17-6-3-4-7-18(17)30-20(22)23/h3-4,6-7,15-16,20H,2,5,8-14H2,1H3,(H,26,29)(H2,24,25,27). The van der Waals surface area contributed by atoms with Crippen molar-refractivity contribution in [3.05, 3.63) is 24.3 Å². The van der Waals surface area contributed by atoms with Crippen LogP contribution in [0, 0.1) is 0 Å². The molecule has 3 N–H and O–H groups in total. The molecule has 1 aromatic carbocycles. The minimum atomic E-state index is -2.85. The molecule has 0 spiro atoms. The highest BCUT2D eigenvalue weighted by atomic mass is 19.3. The number of alkyl halides is 2. The summed E-state index contributed by atoms with van der Waals surface area (Å²) in [5.74, 6) is 1.00. The minimum Gasteiger partial charge on any atom is -0.433 e. The number of nitrogens with zero attached hydrogens (tertiary/aromatic N) is 2. The van der Waals surface area contributed by atoms with E-state index in [4.69, 9.17) is 0 Å². The van der Waals surface area contributed by atoms with Gasteiger partial charge >= 0.3 is 6.61 Å². The summed E-state index contributed by atoms with van der Waals surface area (Å²) in [5, 5.41) is 9.62. The number of anilines is 1. The van der Waals surface area contributed by atoms with Crippen LogP contribution in [0.1, 0.15) is 39.0 Å². The quantitative estimate of drug-likeness (QED) is 0.306. The summed E-state index contributed by atoms with van der Waals surface area (Å²) in [6, 6.07) is 7.40. The first-order chi connectivity index (χ1) is 14.5. The topological polar surface area (TPSA) is 78.0 Å². The number of hydrogen-bond acceptors (Lipinski definition) is 4. The van der Waals surface area contributed by atoms with Crippen LogP contribution in [-0.2, 0) is 4.79 Å². The van der Waals surface area contributed by atoms with Crippen LogP contribution < -0.4 is 25.6 Å². The normalized spacial score (nSPS) is 19.1. The molecule has 0 aromatic heterocycles. The van der Waals surface area contributed by atoms with E-state index in [-0.39, 0.29) is 17.7 Å². The Morgan fingerprint density at radius 2 is 2.03 bits per heavy atom. The molecule has 9 heteroatoms. The summed E-state index contributed by atoms with van der Waals surface area (Å²) in [6.07, 6.45) is 4.23. The van der Waals surface area contributed by atoms with Gasteiger partial charge in [-0.25, -0.2) is 0 Å². The van der Waals surface area contributed by atoms with Gasteiger partial charge in [0.15, 0.2) is 5.96 Å². The van der Waals surface area contributed by atoms with E-state index >= 15 is 0 Å². The number of rotatable bonds is 10. The van der Waals surface area contributed by atoms with Gasteiger partial charge in [-0.15, -0.1) is 0 Å². The smallest absolute Gasteiger partial charge is 0.387 e. The Morgan fingerprint density at radius 1 is 1.23 bits per heavy atom. The molecule has 1 heterocycles. The van der Waals surface area contributed by atoms with E-state index in [1.807, 2.05) is 17.9 Å². The van der Waals surface area contributed by atoms with E-state index in [1.165, 1.54) is 0 Å². The molecular weight excluding hydrogens is 392 g/mol. The zero-order valence-corrected chi connectivity index (χ0v) is 17.4. The Hall–Kier alpha value is -2.58. The van der Waals surface area contributed by atoms with Crippen LogP contribution in [0.25, 0.3) is 0 Å². The van der Waals surface area contributed by atoms with Crippen LogP contribution in [0.2, 0.25) is 0 Å². The van der Waals surface area contributed by atoms with Crippen molar-refractivity contribution in [2.75, 3.05) is 31.1 Å². The summed E-state index contributed by atoms with van der Waals surface area (Å²) in [6.45, 7) is 1.85. The van der Waals surface area contributed by atoms with Gasteiger partial charge in [-0.05, 0) is 44.7 Å². The Kier molecular flexibility index (Phi) is 8.10. The third-order valence-corrected chi connectivity index (χ3v) is 5.07. The predicted molar refractivity (Wildman–Crippen MR) is 113 cm³/mol. The number of benzene rings is 1. The highest BCUT2D eigenvalue weighted by Crippen LogP contribution is 2.31. The second-order valence-corrected chi connectivity index (χ2v) is 7.63. The molecule has 1 aliphatic carbocycles. The van der Waals surface area contributed by atoms with Crippen molar-refractivity contribution in [2.24, 2.45) is 4.99 Å². The number of para-hydroxylation sites is 2. The molecule has 3 rings (SSSR count). The van der Waals surface area contributed by atoms with E-state index in [9.17, 15) is 13.6 Å². The van der Waals surface area contributed by atoms with Crippen molar-refractivity contribution >= 4 is 17.6 Å². The highest BCUT2D eigenvalue weighted by molar-refractivity contribution is 5.80. The van der Waals surface area contributed by atoms with Crippen molar-refractivity contribution in [3.63, 3.8) is 0 Å². The fourth-order valence-electron chi connectivity index (χ4n) is 3.48. The van der Waals surface area contributed by atoms with Crippen LogP contribution in [0.5, 0.6) is 5.75 Å². The summed E-state index contributed by atoms with van der Waals surface area (Å²) < 4.78 is 30.0. The zero-order valence-electron chi connectivity index (χ0n) is 17.4. The number of guanidine groups is 1. The average Bonchev–Trinajstić information content (AvgIpc) is 3.40. The number of carbonyl (C=O) groups is 1. The van der Waals surface area contributed by atoms with Crippen LogP contribution in [-0.4, -0.2) is 56.7 Å². The van der Waals surface area contributed by atoms with Crippen LogP contribution in [0.3, 0.4) is 0 Å². The highest BCUT2D eigenvalue weighted by Gasteiger charge is 2.26. The maximum atomic E-state index is 12.7. The third kappa shape index (κ3) is 7.03. The Morgan fingerprint density at radius 3 is 2.77 bits per heavy atom. The summed E-state index contributed by atoms with van der Waals surface area (Å²) in [5.41, 5.74) is 0.672. The minimum absolute atomic E-state index is 0.0989. The number of nitrogens with one attached hydrogen (secondary N) is 3. The molecule has 1 aromatic rings. The fraction of sp³-hybridized carbons (Fsp3) is 0.619. The molecule has 30 heavy (non-hydrogen) atoms. The van der Waals surface area contributed by atoms with Crippen molar-refractivity contribution < 1.29 is 18.3 Å². The van der Waals surface area contributed by atoms with Crippen LogP contribution in [0.15, 0.2) is 29.3 Å². The fourth-order valence-corrected chi connectivity index (χ4v) is 3.48. The van der Waals surface area contributed by atoms with E-state index in [1.54, 1.807) is 18.2 Å². The van der Waals surface area contributed by atoms with Crippen molar-refractivity contribution in [1.82, 2.24) is 16.0 Å². The number of hydrogen-bond donors (Lipinski definition) is 3. The van der Waals surface area contributed by atoms with Crippen LogP contribution in [0.4, 0.5) is 14.5 Å². The Balaban J connectivity index is 1.48. The van der Waals surface area contributed by atoms with Gasteiger partial charge in [-0.2, -0.15) is 8.78 Å². The van der Waals surface area contributed by atoms with Gasteiger partial charge in [-0.1, -0.05) is 12.1 Å². The Bertz CT molecular complexity index is 727. The average molecular weight is 424 g/mol. The molecule has 1 saturated heterocycles. The molecule has 0 bridgehead atoms. The lowest BCUT2D eigenvalue weighted by atomic mass is 10.2. The Labute approximate surface area is 176 Å². The lowest BCUT2D eigenvalue weighted by Crippen LogP contribution is -2.44. The third-order valence-electron chi connectivity index (χ3n) is 5.07. The first-order valence-corrected chi connectivity index (χ1v) is 10.7. The van der Waals surface area contributed by atoms with Gasteiger partial charge in [0.2, 0.25) is 5.91 Å². The van der Waals surface area contributed by atoms with Crippen molar-refractivity contribution in [3.8, 4) is 5.75 Å². The molecule has 0 radical (unpaired) electrons. The van der Waals surface area contributed by atoms with Gasteiger partial charge in [0.1, 0.15) is 5.75 Å². The number of amides is 1. The molecule has 1 atom stereocenters. The van der Waals surface area contributed by atoms with E-state index in [0.29, 0.717) is 43.6 Å². The first kappa shape index (κ1) is 22.1. The predicted octanol–water partition coefficient (Wildman–Crippen LogP) is 2.48. The summed E-state index contributed by atoms with van der Waals surface area (Å²) in [7, 11) is 0. The van der Waals surface area contributed by atoms with Crippen LogP contribution >= 0.6 is 0 Å². The zero-order chi connectivity index (χ0) is 21.3. The molecule has 7 nitrogen and oxygen atoms in total. The molecule has 1 amide bonds. The number of ether oxygens (including phenoxy) is 1. The number of carbonyl (C=O) groups excluding carboxylic acids is 1. The second-order valence-electron chi connectivity index (χ2n) is 7.63. The monoisotopic (exact) mass is 423 g/mol. The molecule has 1 saturated carbocycles. The lowest BCUT2D eigenvalue weighted by molar-refractivity contribution is -0.121. The molecule has 2 aliphatic rings. The number of aliphatic imine (C=N–C) groups is 1. The largest absolute Gasteiger partial charge is 0.433 e. The maximum Gasteiger partial charge on any atom is 0.387 e. The van der Waals surface area contributed by atoms with E-state index in [0.717, 1.165) is 32.4 Å². The molecular formula is C21H31F2N5O2. The first-order valence-electron chi connectivity index (χ1n) is 10.7. The van der Waals surface area contributed by atoms with E-state index in [2.05, 4.69) is 25.7 Å². The number of halogens is 2. The summed E-state index contributed by atoms with van der Waals surface area (Å²) >= 11 is 0. The van der Waals surface area contributed by atoms with Crippen molar-refractivity contribution in [2.45, 2.75) is 57.7 Å². The molecule has 2 fully saturated rings. The van der Waals surface area contributed by atoms with Gasteiger partial charge in [0.25, 0.3) is 0 Å². The lowest BCUT2D eigenvalue weighted by Gasteiger charge is -2.22. The van der Waals surface area contributed by atoms with Gasteiger partial charge < -0.3 is 25.6 Å². The van der Waals surface area contributed by atoms with E-state index < -0.39 is 6.61 Å². The second kappa shape index (κ2) is 11.0. The van der Waals surface area contributed by atoms with Gasteiger partial charge in [-0.3, -0.25) is 9.79 Å². The van der Waals surface area contributed by atoms with Gasteiger partial charge in [0.05, 0.1) is 5.69 Å².